The van der Waals surface area contributed by atoms with Crippen molar-refractivity contribution in [3.05, 3.63) is 0 Å². The van der Waals surface area contributed by atoms with E-state index < -0.39 is 11.2 Å². The molecule has 0 atom stereocenters. The highest BCUT2D eigenvalue weighted by Gasteiger charge is 2.11. The highest BCUT2D eigenvalue weighted by atomic mass is 32.3. The normalized spacial score (nSPS) is 12.6. The van der Waals surface area contributed by atoms with E-state index in [0.29, 0.717) is 0 Å². The van der Waals surface area contributed by atoms with E-state index in [0.717, 1.165) is 0 Å². The molecule has 0 bridgehead atoms. The maximum absolute atomic E-state index is 10.7. The summed E-state index contributed by atoms with van der Waals surface area (Å²) in [5.74, 6) is -0.250. The third-order valence-electron chi connectivity index (χ3n) is 1.04. The number of rotatable bonds is 6. The smallest absolute Gasteiger partial charge is 0.221 e. The first-order chi connectivity index (χ1) is 5.95. The third kappa shape index (κ3) is 9.53. The summed E-state index contributed by atoms with van der Waals surface area (Å²) in [7, 11) is 0. The summed E-state index contributed by atoms with van der Waals surface area (Å²) < 4.78 is 29.1. The van der Waals surface area contributed by atoms with Crippen LogP contribution in [0.25, 0.3) is 0 Å². The summed E-state index contributed by atoms with van der Waals surface area (Å²) in [6.45, 7) is 0.173. The Balaban J connectivity index is 3.31. The summed E-state index contributed by atoms with van der Waals surface area (Å²) in [5, 5.41) is 2.39. The number of nitrogens with two attached hydrogens (primary N) is 1. The molecular formula is C5H14N2O5S. The quantitative estimate of drug-likeness (QED) is 0.383. The van der Waals surface area contributed by atoms with Crippen LogP contribution in [-0.2, 0) is 8.98 Å². The number of hydrogen-bond acceptors (Lipinski definition) is 6. The van der Waals surface area contributed by atoms with E-state index in [9.17, 15) is 4.79 Å². The molecule has 7 nitrogen and oxygen atoms in total. The molecule has 13 heavy (non-hydrogen) atoms. The van der Waals surface area contributed by atoms with Crippen LogP contribution in [0.2, 0.25) is 0 Å². The van der Waals surface area contributed by atoms with E-state index in [1.165, 1.54) is 0 Å². The van der Waals surface area contributed by atoms with E-state index in [4.69, 9.17) is 19.4 Å². The van der Waals surface area contributed by atoms with Crippen LogP contribution in [0.1, 0.15) is 6.42 Å². The van der Waals surface area contributed by atoms with Gasteiger partial charge in [0.1, 0.15) is 0 Å². The second-order valence-corrected chi connectivity index (χ2v) is 3.35. The second-order valence-electron chi connectivity index (χ2n) is 2.18. The number of carbonyl (C=O) groups is 1. The number of hydrogen-bond donors (Lipinski definition) is 5. The molecule has 8 heteroatoms. The highest BCUT2D eigenvalue weighted by Crippen LogP contribution is 2.32. The van der Waals surface area contributed by atoms with Crippen LogP contribution in [0.4, 0.5) is 0 Å². The fraction of sp³-hybridized carbons (Fsp3) is 0.800. The van der Waals surface area contributed by atoms with Crippen molar-refractivity contribution >= 4 is 17.1 Å². The van der Waals surface area contributed by atoms with Gasteiger partial charge < -0.3 is 11.1 Å². The first-order valence-corrected chi connectivity index (χ1v) is 5.00. The first-order valence-electron chi connectivity index (χ1n) is 3.57. The molecule has 0 saturated carbocycles. The predicted octanol–water partition coefficient (Wildman–Crippen LogP) is -0.393. The van der Waals surface area contributed by atoms with Crippen molar-refractivity contribution in [2.24, 2.45) is 5.73 Å². The molecule has 0 fully saturated rings. The molecule has 0 aliphatic rings. The first kappa shape index (κ1) is 12.6. The third-order valence-corrected chi connectivity index (χ3v) is 1.52. The lowest BCUT2D eigenvalue weighted by Crippen LogP contribution is -2.29. The topological polar surface area (TPSA) is 125 Å². The van der Waals surface area contributed by atoms with Crippen molar-refractivity contribution in [2.75, 3.05) is 19.7 Å². The molecule has 0 aliphatic carbocycles. The zero-order valence-electron chi connectivity index (χ0n) is 6.97. The summed E-state index contributed by atoms with van der Waals surface area (Å²) in [4.78, 5) is 10.7. The molecule has 0 radical (unpaired) electrons. The number of carbonyl (C=O) groups excluding carboxylic acids is 1. The van der Waals surface area contributed by atoms with Gasteiger partial charge in [-0.05, 0) is 0 Å². The largest absolute Gasteiger partial charge is 0.354 e. The van der Waals surface area contributed by atoms with Gasteiger partial charge in [0, 0.05) is 19.5 Å². The Morgan fingerprint density at radius 3 is 2.54 bits per heavy atom. The van der Waals surface area contributed by atoms with Crippen molar-refractivity contribution in [3.8, 4) is 0 Å². The molecule has 6 N–H and O–H groups in total. The van der Waals surface area contributed by atoms with Crippen LogP contribution in [0, 0.1) is 0 Å². The van der Waals surface area contributed by atoms with Crippen LogP contribution in [-0.4, -0.2) is 39.3 Å². The van der Waals surface area contributed by atoms with Gasteiger partial charge in [-0.2, -0.15) is 0 Å². The summed E-state index contributed by atoms with van der Waals surface area (Å²) in [5.41, 5.74) is 5.09. The lowest BCUT2D eigenvalue weighted by Gasteiger charge is -2.17. The number of nitrogens with one attached hydrogen (secondary N) is 1. The SMILES string of the molecule is NCCC(=O)NCCOS(O)(O)O. The molecule has 0 aromatic heterocycles. The maximum atomic E-state index is 10.7. The molecule has 0 spiro atoms. The van der Waals surface area contributed by atoms with Gasteiger partial charge in [0.05, 0.1) is 6.61 Å². The lowest BCUT2D eigenvalue weighted by atomic mass is 10.4. The van der Waals surface area contributed by atoms with Crippen LogP contribution >= 0.6 is 11.2 Å². The summed E-state index contributed by atoms with van der Waals surface area (Å²) in [6, 6.07) is 0. The van der Waals surface area contributed by atoms with Gasteiger partial charge in [-0.1, -0.05) is 0 Å². The fourth-order valence-electron chi connectivity index (χ4n) is 0.563. The van der Waals surface area contributed by atoms with Gasteiger partial charge in [0.15, 0.2) is 0 Å². The van der Waals surface area contributed by atoms with Crippen LogP contribution in [0.15, 0.2) is 0 Å². The maximum Gasteiger partial charge on any atom is 0.221 e. The Morgan fingerprint density at radius 1 is 1.46 bits per heavy atom. The minimum atomic E-state index is -3.91. The molecular weight excluding hydrogens is 200 g/mol. The fourth-order valence-corrected chi connectivity index (χ4v) is 0.870. The Labute approximate surface area is 77.6 Å². The van der Waals surface area contributed by atoms with Gasteiger partial charge in [-0.15, -0.1) is 0 Å². The molecule has 80 valence electrons. The van der Waals surface area contributed by atoms with E-state index in [2.05, 4.69) is 9.50 Å². The second kappa shape index (κ2) is 6.13. The molecule has 0 saturated heterocycles. The molecule has 1 amide bonds. The standard InChI is InChI=1S/C5H14N2O5S/c6-2-1-5(8)7-3-4-12-13(9,10)11/h9-11H,1-4,6H2,(H,7,8). The Hall–Kier alpha value is -0.380. The van der Waals surface area contributed by atoms with Crippen molar-refractivity contribution in [3.63, 3.8) is 0 Å². The van der Waals surface area contributed by atoms with Crippen molar-refractivity contribution in [2.45, 2.75) is 6.42 Å². The van der Waals surface area contributed by atoms with Crippen LogP contribution in [0.5, 0.6) is 0 Å². The van der Waals surface area contributed by atoms with E-state index in [-0.39, 0.29) is 32.0 Å². The average molecular weight is 214 g/mol. The molecule has 0 rings (SSSR count). The zero-order valence-corrected chi connectivity index (χ0v) is 7.79. The van der Waals surface area contributed by atoms with Crippen LogP contribution in [0.3, 0.4) is 0 Å². The van der Waals surface area contributed by atoms with E-state index in [1.807, 2.05) is 0 Å². The molecule has 0 aromatic carbocycles. The van der Waals surface area contributed by atoms with Gasteiger partial charge in [0.2, 0.25) is 17.1 Å². The number of amides is 1. The van der Waals surface area contributed by atoms with Gasteiger partial charge in [-0.3, -0.25) is 22.6 Å². The monoisotopic (exact) mass is 214 g/mol. The van der Waals surface area contributed by atoms with Gasteiger partial charge >= 0.3 is 0 Å². The van der Waals surface area contributed by atoms with Crippen molar-refractivity contribution in [1.29, 1.82) is 0 Å². The zero-order chi connectivity index (χ0) is 10.3. The van der Waals surface area contributed by atoms with E-state index in [1.54, 1.807) is 0 Å². The Morgan fingerprint density at radius 2 is 2.08 bits per heavy atom. The van der Waals surface area contributed by atoms with Gasteiger partial charge in [0.25, 0.3) is 0 Å². The van der Waals surface area contributed by atoms with Crippen molar-refractivity contribution in [1.82, 2.24) is 5.32 Å². The van der Waals surface area contributed by atoms with Gasteiger partial charge in [-0.25, -0.2) is 0 Å². The predicted molar refractivity (Wildman–Crippen MR) is 48.1 cm³/mol. The van der Waals surface area contributed by atoms with Crippen LogP contribution < -0.4 is 11.1 Å². The molecule has 0 unspecified atom stereocenters. The van der Waals surface area contributed by atoms with Crippen molar-refractivity contribution < 1.29 is 22.6 Å². The minimum Gasteiger partial charge on any atom is -0.354 e. The molecule has 0 heterocycles. The molecule has 0 aliphatic heterocycles. The summed E-state index contributed by atoms with van der Waals surface area (Å²) >= 11 is -3.91. The summed E-state index contributed by atoms with van der Waals surface area (Å²) in [6.07, 6.45) is 0.204. The molecule has 0 aromatic rings. The highest BCUT2D eigenvalue weighted by molar-refractivity contribution is 8.15. The lowest BCUT2D eigenvalue weighted by molar-refractivity contribution is -0.121. The van der Waals surface area contributed by atoms with E-state index >= 15 is 0 Å². The Bertz CT molecular complexity index is 159. The average Bonchev–Trinajstić information content (AvgIpc) is 1.97. The Kier molecular flexibility index (Phi) is 5.95. The minimum absolute atomic E-state index is 0.0925.